The van der Waals surface area contributed by atoms with Crippen LogP contribution in [0.5, 0.6) is 5.88 Å². The molecule has 1 unspecified atom stereocenters. The van der Waals surface area contributed by atoms with Crippen LogP contribution in [-0.4, -0.2) is 9.97 Å². The Labute approximate surface area is 157 Å². The molecule has 0 aliphatic carbocycles. The van der Waals surface area contributed by atoms with E-state index in [1.54, 1.807) is 24.3 Å². The zero-order valence-corrected chi connectivity index (χ0v) is 14.8. The second-order valence-electron chi connectivity index (χ2n) is 5.79. The van der Waals surface area contributed by atoms with Crippen LogP contribution in [0.25, 0.3) is 5.76 Å². The lowest BCUT2D eigenvalue weighted by Crippen LogP contribution is -2.30. The van der Waals surface area contributed by atoms with Gasteiger partial charge in [0.1, 0.15) is 5.76 Å². The summed E-state index contributed by atoms with van der Waals surface area (Å²) in [5, 5.41) is 0.915. The maximum absolute atomic E-state index is 12.4. The Morgan fingerprint density at radius 3 is 2.46 bits per heavy atom. The molecule has 0 fully saturated rings. The van der Waals surface area contributed by atoms with E-state index in [0.717, 1.165) is 5.56 Å². The molecule has 130 valence electrons. The van der Waals surface area contributed by atoms with Crippen molar-refractivity contribution in [2.75, 3.05) is 0 Å². The normalized spacial score (nSPS) is 15.8. The summed E-state index contributed by atoms with van der Waals surface area (Å²) in [4.78, 5) is 28.9. The van der Waals surface area contributed by atoms with Gasteiger partial charge in [-0.15, -0.1) is 0 Å². The van der Waals surface area contributed by atoms with Crippen molar-refractivity contribution in [1.29, 1.82) is 0 Å². The minimum atomic E-state index is -0.635. The minimum Gasteiger partial charge on any atom is -0.440 e. The fourth-order valence-electron chi connectivity index (χ4n) is 2.97. The molecule has 2 heterocycles. The van der Waals surface area contributed by atoms with E-state index in [1.807, 2.05) is 30.3 Å². The number of aromatic nitrogens is 2. The lowest BCUT2D eigenvalue weighted by molar-refractivity contribution is 0.464. The molecule has 3 aromatic rings. The van der Waals surface area contributed by atoms with Gasteiger partial charge in [-0.25, -0.2) is 4.79 Å². The van der Waals surface area contributed by atoms with Crippen molar-refractivity contribution >= 4 is 29.0 Å². The van der Waals surface area contributed by atoms with Crippen LogP contribution in [0.4, 0.5) is 0 Å². The molecule has 1 aliphatic heterocycles. The summed E-state index contributed by atoms with van der Waals surface area (Å²) in [5.41, 5.74) is 0.626. The first kappa shape index (κ1) is 16.7. The van der Waals surface area contributed by atoms with E-state index >= 15 is 0 Å². The fraction of sp³-hybridized carbons (Fsp3) is 0.0526. The fourth-order valence-corrected chi connectivity index (χ4v) is 3.50. The first-order valence-corrected chi connectivity index (χ1v) is 8.55. The quantitative estimate of drug-likeness (QED) is 0.700. The number of ether oxygens (including phenoxy) is 1. The number of aromatic amines is 2. The van der Waals surface area contributed by atoms with Crippen molar-refractivity contribution in [1.82, 2.24) is 9.97 Å². The average molecular weight is 387 g/mol. The number of halogens is 2. The number of benzene rings is 2. The molecule has 0 bridgehead atoms. The van der Waals surface area contributed by atoms with E-state index in [2.05, 4.69) is 9.97 Å². The number of fused-ring (bicyclic) bond motifs is 1. The third-order valence-electron chi connectivity index (χ3n) is 4.14. The molecule has 4 rings (SSSR count). The van der Waals surface area contributed by atoms with Crippen molar-refractivity contribution in [2.45, 2.75) is 5.92 Å². The van der Waals surface area contributed by atoms with Gasteiger partial charge in [-0.3, -0.25) is 14.8 Å². The predicted molar refractivity (Wildman–Crippen MR) is 101 cm³/mol. The van der Waals surface area contributed by atoms with E-state index in [4.69, 9.17) is 27.9 Å². The number of H-pyrrole nitrogens is 2. The molecule has 0 spiro atoms. The van der Waals surface area contributed by atoms with Crippen molar-refractivity contribution < 1.29 is 4.74 Å². The molecule has 0 saturated carbocycles. The summed E-state index contributed by atoms with van der Waals surface area (Å²) in [5.74, 6) is 0.130. The monoisotopic (exact) mass is 386 g/mol. The summed E-state index contributed by atoms with van der Waals surface area (Å²) in [6.07, 6.45) is 1.81. The summed E-state index contributed by atoms with van der Waals surface area (Å²) in [7, 11) is 0. The van der Waals surface area contributed by atoms with Crippen LogP contribution < -0.4 is 16.0 Å². The largest absolute Gasteiger partial charge is 0.440 e. The van der Waals surface area contributed by atoms with E-state index in [1.165, 1.54) is 0 Å². The molecule has 1 aromatic heterocycles. The SMILES string of the molecule is O=c1[nH]c2c(c(=O)[nH]1)C(c1ccc(Cl)cc1Cl)C=C(c1ccccc1)O2. The molecule has 1 aliphatic rings. The molecule has 2 aromatic carbocycles. The van der Waals surface area contributed by atoms with Crippen LogP contribution in [0.3, 0.4) is 0 Å². The van der Waals surface area contributed by atoms with Gasteiger partial charge in [-0.1, -0.05) is 59.6 Å². The average Bonchev–Trinajstić information content (AvgIpc) is 2.61. The Hall–Kier alpha value is -2.76. The highest BCUT2D eigenvalue weighted by molar-refractivity contribution is 6.35. The highest BCUT2D eigenvalue weighted by Crippen LogP contribution is 2.40. The van der Waals surface area contributed by atoms with Gasteiger partial charge in [0.25, 0.3) is 5.56 Å². The Bertz CT molecular complexity index is 1130. The number of hydrogen-bond acceptors (Lipinski definition) is 3. The molecule has 2 N–H and O–H groups in total. The number of rotatable bonds is 2. The molecular formula is C19H12Cl2N2O3. The van der Waals surface area contributed by atoms with E-state index in [9.17, 15) is 9.59 Å². The van der Waals surface area contributed by atoms with Gasteiger partial charge in [-0.05, 0) is 23.8 Å². The van der Waals surface area contributed by atoms with Crippen LogP contribution in [0.2, 0.25) is 10.0 Å². The molecule has 0 saturated heterocycles. The van der Waals surface area contributed by atoms with Crippen molar-refractivity contribution in [2.24, 2.45) is 0 Å². The first-order chi connectivity index (χ1) is 12.5. The summed E-state index contributed by atoms with van der Waals surface area (Å²) >= 11 is 12.4. The van der Waals surface area contributed by atoms with Crippen LogP contribution in [0.15, 0.2) is 64.2 Å². The zero-order chi connectivity index (χ0) is 18.3. The Morgan fingerprint density at radius 1 is 0.962 bits per heavy atom. The topological polar surface area (TPSA) is 75.0 Å². The molecule has 0 amide bonds. The van der Waals surface area contributed by atoms with E-state index in [-0.39, 0.29) is 11.4 Å². The van der Waals surface area contributed by atoms with Crippen molar-refractivity contribution in [3.05, 3.63) is 102 Å². The molecular weight excluding hydrogens is 375 g/mol. The van der Waals surface area contributed by atoms with Crippen LogP contribution in [0.1, 0.15) is 22.6 Å². The second-order valence-corrected chi connectivity index (χ2v) is 6.64. The maximum Gasteiger partial charge on any atom is 0.328 e. The lowest BCUT2D eigenvalue weighted by Gasteiger charge is -2.24. The lowest BCUT2D eigenvalue weighted by atomic mass is 9.89. The highest BCUT2D eigenvalue weighted by atomic mass is 35.5. The van der Waals surface area contributed by atoms with Crippen LogP contribution in [-0.2, 0) is 0 Å². The molecule has 7 heteroatoms. The standard InChI is InChI=1S/C19H12Cl2N2O3/c20-11-6-7-12(14(21)8-11)13-9-15(10-4-2-1-3-5-10)26-18-16(13)17(24)22-19(25)23-18/h1-9,13H,(H2,22,23,24,25). The Balaban J connectivity index is 1.96. The van der Waals surface area contributed by atoms with Crippen molar-refractivity contribution in [3.63, 3.8) is 0 Å². The molecule has 1 atom stereocenters. The summed E-state index contributed by atoms with van der Waals surface area (Å²) in [6, 6.07) is 14.5. The molecule has 26 heavy (non-hydrogen) atoms. The molecule has 0 radical (unpaired) electrons. The zero-order valence-electron chi connectivity index (χ0n) is 13.3. The second kappa shape index (κ2) is 6.52. The Morgan fingerprint density at radius 2 is 1.73 bits per heavy atom. The van der Waals surface area contributed by atoms with Gasteiger partial charge >= 0.3 is 5.69 Å². The van der Waals surface area contributed by atoms with Gasteiger partial charge in [-0.2, -0.15) is 0 Å². The van der Waals surface area contributed by atoms with Crippen LogP contribution in [0, 0.1) is 0 Å². The van der Waals surface area contributed by atoms with Gasteiger partial charge in [0.15, 0.2) is 0 Å². The Kier molecular flexibility index (Phi) is 4.18. The summed E-state index contributed by atoms with van der Waals surface area (Å²) in [6.45, 7) is 0. The van der Waals surface area contributed by atoms with Crippen LogP contribution >= 0.6 is 23.2 Å². The van der Waals surface area contributed by atoms with Gasteiger partial charge < -0.3 is 4.74 Å². The third kappa shape index (κ3) is 2.96. The molecule has 5 nitrogen and oxygen atoms in total. The first-order valence-electron chi connectivity index (χ1n) is 7.79. The van der Waals surface area contributed by atoms with Gasteiger partial charge in [0.05, 0.1) is 5.56 Å². The van der Waals surface area contributed by atoms with Gasteiger partial charge in [0, 0.05) is 21.5 Å². The number of nitrogens with one attached hydrogen (secondary N) is 2. The van der Waals surface area contributed by atoms with Gasteiger partial charge in [0.2, 0.25) is 5.88 Å². The number of allylic oxidation sites excluding steroid dienone is 1. The summed E-state index contributed by atoms with van der Waals surface area (Å²) < 4.78 is 5.81. The minimum absolute atomic E-state index is 0.108. The van der Waals surface area contributed by atoms with Crippen molar-refractivity contribution in [3.8, 4) is 5.88 Å². The smallest absolute Gasteiger partial charge is 0.328 e. The number of hydrogen-bond donors (Lipinski definition) is 2. The van der Waals surface area contributed by atoms with E-state index < -0.39 is 17.2 Å². The third-order valence-corrected chi connectivity index (χ3v) is 4.70. The highest BCUT2D eigenvalue weighted by Gasteiger charge is 2.29. The van der Waals surface area contributed by atoms with E-state index in [0.29, 0.717) is 21.4 Å². The predicted octanol–water partition coefficient (Wildman–Crippen LogP) is 3.94. The maximum atomic E-state index is 12.4.